The van der Waals surface area contributed by atoms with E-state index < -0.39 is 15.9 Å². The van der Waals surface area contributed by atoms with Crippen molar-refractivity contribution in [3.8, 4) is 0 Å². The van der Waals surface area contributed by atoms with E-state index in [0.717, 1.165) is 5.56 Å². The van der Waals surface area contributed by atoms with E-state index in [1.54, 1.807) is 12.1 Å². The third kappa shape index (κ3) is 3.39. The topological polar surface area (TPSA) is 115 Å². The van der Waals surface area contributed by atoms with Gasteiger partial charge < -0.3 is 9.84 Å². The van der Waals surface area contributed by atoms with E-state index in [1.165, 1.54) is 24.4 Å². The first-order chi connectivity index (χ1) is 8.97. The molecule has 0 saturated heterocycles. The van der Waals surface area contributed by atoms with E-state index in [1.807, 2.05) is 0 Å². The number of carbonyl (C=O) groups excluding carboxylic acids is 1. The van der Waals surface area contributed by atoms with Gasteiger partial charge in [-0.25, -0.2) is 13.6 Å². The third-order valence-corrected chi connectivity index (χ3v) is 3.30. The molecule has 19 heavy (non-hydrogen) atoms. The molecule has 1 aromatic carbocycles. The number of nitrogens with zero attached hydrogens (tertiary/aromatic N) is 1. The van der Waals surface area contributed by atoms with E-state index in [9.17, 15) is 13.2 Å². The maximum absolute atomic E-state index is 11.5. The first-order valence-corrected chi connectivity index (χ1v) is 6.82. The van der Waals surface area contributed by atoms with Crippen LogP contribution in [0, 0.1) is 0 Å². The zero-order valence-corrected chi connectivity index (χ0v) is 10.6. The molecule has 0 unspecified atom stereocenters. The Morgan fingerprint density at radius 1 is 1.26 bits per heavy atom. The molecule has 2 aromatic rings. The molecule has 0 aliphatic heterocycles. The fraction of sp³-hybridized carbons (Fsp3) is 0.0909. The number of nitrogens with two attached hydrogens (primary N) is 1. The van der Waals surface area contributed by atoms with Crippen molar-refractivity contribution in [3.63, 3.8) is 0 Å². The van der Waals surface area contributed by atoms with Gasteiger partial charge in [-0.05, 0) is 17.7 Å². The Bertz CT molecular complexity index is 662. The lowest BCUT2D eigenvalue weighted by atomic mass is 10.2. The van der Waals surface area contributed by atoms with Crippen LogP contribution in [0.25, 0.3) is 0 Å². The van der Waals surface area contributed by atoms with Gasteiger partial charge in [-0.1, -0.05) is 17.3 Å². The minimum absolute atomic E-state index is 0.0258. The summed E-state index contributed by atoms with van der Waals surface area (Å²) >= 11 is 0. The normalized spacial score (nSPS) is 11.2. The number of benzene rings is 1. The van der Waals surface area contributed by atoms with E-state index in [4.69, 9.17) is 5.14 Å². The van der Waals surface area contributed by atoms with Gasteiger partial charge in [-0.15, -0.1) is 0 Å². The number of sulfonamides is 1. The Morgan fingerprint density at radius 3 is 2.47 bits per heavy atom. The highest BCUT2D eigenvalue weighted by Gasteiger charge is 2.10. The highest BCUT2D eigenvalue weighted by atomic mass is 32.2. The summed E-state index contributed by atoms with van der Waals surface area (Å²) in [5.41, 5.74) is 0.736. The molecule has 1 heterocycles. The van der Waals surface area contributed by atoms with Crippen molar-refractivity contribution in [2.45, 2.75) is 11.4 Å². The summed E-state index contributed by atoms with van der Waals surface area (Å²) in [5, 5.41) is 11.0. The maximum atomic E-state index is 11.5. The summed E-state index contributed by atoms with van der Waals surface area (Å²) in [7, 11) is -3.70. The number of aromatic nitrogens is 1. The molecule has 0 aliphatic rings. The summed E-state index contributed by atoms with van der Waals surface area (Å²) < 4.78 is 26.8. The molecule has 1 aromatic heterocycles. The number of nitrogens with one attached hydrogen (secondary N) is 1. The Labute approximate surface area is 109 Å². The third-order valence-electron chi connectivity index (χ3n) is 2.37. The van der Waals surface area contributed by atoms with Gasteiger partial charge >= 0.3 is 0 Å². The van der Waals surface area contributed by atoms with Gasteiger partial charge in [0.1, 0.15) is 0 Å². The zero-order valence-electron chi connectivity index (χ0n) is 9.74. The number of carbonyl (C=O) groups is 1. The zero-order chi connectivity index (χ0) is 13.9. The van der Waals surface area contributed by atoms with Crippen molar-refractivity contribution in [2.75, 3.05) is 0 Å². The van der Waals surface area contributed by atoms with Gasteiger partial charge in [0.25, 0.3) is 5.91 Å². The molecule has 3 N–H and O–H groups in total. The van der Waals surface area contributed by atoms with E-state index in [-0.39, 0.29) is 17.2 Å². The van der Waals surface area contributed by atoms with Gasteiger partial charge in [-0.2, -0.15) is 0 Å². The van der Waals surface area contributed by atoms with Crippen molar-refractivity contribution in [1.29, 1.82) is 0 Å². The molecular weight excluding hydrogens is 270 g/mol. The van der Waals surface area contributed by atoms with Crippen LogP contribution in [0.2, 0.25) is 0 Å². The summed E-state index contributed by atoms with van der Waals surface area (Å²) in [5.74, 6) is -0.283. The molecule has 1 amide bonds. The number of rotatable bonds is 4. The standard InChI is InChI=1S/C11H11N3O4S/c12-19(16,17)9-3-1-8(2-4-9)7-13-11(15)10-5-6-14-18-10/h1-6H,7H2,(H,13,15)(H2,12,16,17). The quantitative estimate of drug-likeness (QED) is 0.833. The van der Waals surface area contributed by atoms with Crippen LogP contribution in [0.5, 0.6) is 0 Å². The molecule has 0 atom stereocenters. The minimum atomic E-state index is -3.70. The van der Waals surface area contributed by atoms with E-state index in [2.05, 4.69) is 15.0 Å². The highest BCUT2D eigenvalue weighted by molar-refractivity contribution is 7.89. The van der Waals surface area contributed by atoms with Gasteiger partial charge in [0.15, 0.2) is 0 Å². The Morgan fingerprint density at radius 2 is 1.95 bits per heavy atom. The van der Waals surface area contributed by atoms with Gasteiger partial charge in [0.2, 0.25) is 15.8 Å². The monoisotopic (exact) mass is 281 g/mol. The molecule has 100 valence electrons. The average molecular weight is 281 g/mol. The number of hydrogen-bond donors (Lipinski definition) is 2. The summed E-state index contributed by atoms with van der Waals surface area (Å²) in [4.78, 5) is 11.6. The van der Waals surface area contributed by atoms with Crippen molar-refractivity contribution < 1.29 is 17.7 Å². The second-order valence-corrected chi connectivity index (χ2v) is 5.31. The van der Waals surface area contributed by atoms with Crippen molar-refractivity contribution in [3.05, 3.63) is 47.9 Å². The molecule has 7 nitrogen and oxygen atoms in total. The van der Waals surface area contributed by atoms with Crippen LogP contribution in [0.4, 0.5) is 0 Å². The van der Waals surface area contributed by atoms with Crippen LogP contribution in [-0.4, -0.2) is 19.5 Å². The fourth-order valence-corrected chi connectivity index (χ4v) is 1.91. The van der Waals surface area contributed by atoms with Crippen LogP contribution in [0.1, 0.15) is 16.1 Å². The van der Waals surface area contributed by atoms with Crippen LogP contribution < -0.4 is 10.5 Å². The lowest BCUT2D eigenvalue weighted by molar-refractivity contribution is 0.0914. The first kappa shape index (κ1) is 13.2. The summed E-state index contributed by atoms with van der Waals surface area (Å²) in [6.07, 6.45) is 1.37. The molecular formula is C11H11N3O4S. The van der Waals surface area contributed by atoms with Crippen LogP contribution in [-0.2, 0) is 16.6 Å². The second-order valence-electron chi connectivity index (χ2n) is 3.75. The van der Waals surface area contributed by atoms with E-state index in [0.29, 0.717) is 0 Å². The predicted octanol–water partition coefficient (Wildman–Crippen LogP) is 0.252. The van der Waals surface area contributed by atoms with E-state index >= 15 is 0 Å². The first-order valence-electron chi connectivity index (χ1n) is 5.27. The van der Waals surface area contributed by atoms with Crippen molar-refractivity contribution >= 4 is 15.9 Å². The molecule has 0 saturated carbocycles. The average Bonchev–Trinajstić information content (AvgIpc) is 2.89. The van der Waals surface area contributed by atoms with Crippen LogP contribution in [0.15, 0.2) is 45.9 Å². The van der Waals surface area contributed by atoms with Crippen molar-refractivity contribution in [1.82, 2.24) is 10.5 Å². The Kier molecular flexibility index (Phi) is 3.63. The molecule has 0 bridgehead atoms. The number of primary sulfonamides is 1. The lowest BCUT2D eigenvalue weighted by Crippen LogP contribution is -2.22. The number of amides is 1. The molecule has 0 spiro atoms. The second kappa shape index (κ2) is 5.21. The number of hydrogen-bond acceptors (Lipinski definition) is 5. The minimum Gasteiger partial charge on any atom is -0.351 e. The Hall–Kier alpha value is -2.19. The molecule has 2 rings (SSSR count). The van der Waals surface area contributed by atoms with Gasteiger partial charge in [-0.3, -0.25) is 4.79 Å². The molecule has 0 aliphatic carbocycles. The van der Waals surface area contributed by atoms with Gasteiger partial charge in [0, 0.05) is 12.6 Å². The SMILES string of the molecule is NS(=O)(=O)c1ccc(CNC(=O)c2ccno2)cc1. The Balaban J connectivity index is 1.99. The summed E-state index contributed by atoms with van der Waals surface area (Å²) in [6, 6.07) is 7.34. The molecule has 0 fully saturated rings. The van der Waals surface area contributed by atoms with Crippen LogP contribution >= 0.6 is 0 Å². The fourth-order valence-electron chi connectivity index (χ4n) is 1.40. The molecule has 0 radical (unpaired) electrons. The highest BCUT2D eigenvalue weighted by Crippen LogP contribution is 2.08. The smallest absolute Gasteiger partial charge is 0.290 e. The maximum Gasteiger partial charge on any atom is 0.290 e. The lowest BCUT2D eigenvalue weighted by Gasteiger charge is -2.04. The van der Waals surface area contributed by atoms with Gasteiger partial charge in [0.05, 0.1) is 11.1 Å². The molecule has 8 heteroatoms. The van der Waals surface area contributed by atoms with Crippen LogP contribution in [0.3, 0.4) is 0 Å². The summed E-state index contributed by atoms with van der Waals surface area (Å²) in [6.45, 7) is 0.241. The largest absolute Gasteiger partial charge is 0.351 e. The van der Waals surface area contributed by atoms with Crippen molar-refractivity contribution in [2.24, 2.45) is 5.14 Å². The predicted molar refractivity (Wildman–Crippen MR) is 65.5 cm³/mol.